The van der Waals surface area contributed by atoms with E-state index in [0.717, 1.165) is 56.8 Å². The Morgan fingerprint density at radius 3 is 2.35 bits per heavy atom. The number of aliphatic hydroxyl groups excluding tert-OH is 1. The molecule has 5 heteroatoms. The first-order valence-electron chi connectivity index (χ1n) is 13.7. The molecule has 1 saturated heterocycles. The van der Waals surface area contributed by atoms with Crippen LogP contribution in [0.5, 0.6) is 5.75 Å². The first-order chi connectivity index (χ1) is 18.0. The number of unbranched alkanes of at least 4 members (excludes halogenated alkanes) is 1. The van der Waals surface area contributed by atoms with Gasteiger partial charge in [0.25, 0.3) is 0 Å². The third-order valence-corrected chi connectivity index (χ3v) is 8.25. The number of aryl methyl sites for hydroxylation is 1. The van der Waals surface area contributed by atoms with Crippen molar-refractivity contribution in [2.24, 2.45) is 0 Å². The Bertz CT molecular complexity index is 1170. The summed E-state index contributed by atoms with van der Waals surface area (Å²) < 4.78 is 19.7. The minimum Gasteiger partial charge on any atom is -0.494 e. The Morgan fingerprint density at radius 1 is 0.973 bits per heavy atom. The van der Waals surface area contributed by atoms with Gasteiger partial charge in [-0.25, -0.2) is 4.39 Å². The van der Waals surface area contributed by atoms with Crippen molar-refractivity contribution in [3.05, 3.63) is 94.8 Å². The lowest BCUT2D eigenvalue weighted by Gasteiger charge is -2.38. The third kappa shape index (κ3) is 5.68. The summed E-state index contributed by atoms with van der Waals surface area (Å²) in [6.45, 7) is 4.17. The van der Waals surface area contributed by atoms with Gasteiger partial charge in [-0.05, 0) is 96.7 Å². The molecular weight excluding hydrogens is 465 g/mol. The topological polar surface area (TPSA) is 52.9 Å². The SMILES string of the molecule is CCCCOc1ccc2c(c1)CC[C@H](c1ccc(F)cc1)[C@@H]2c1ccc(N2CCC(O)(CO)CC2)cc1. The molecule has 1 fully saturated rings. The zero-order valence-corrected chi connectivity index (χ0v) is 21.7. The van der Waals surface area contributed by atoms with Crippen LogP contribution >= 0.6 is 0 Å². The summed E-state index contributed by atoms with van der Waals surface area (Å²) in [7, 11) is 0. The highest BCUT2D eigenvalue weighted by Gasteiger charge is 2.34. The first kappa shape index (κ1) is 25.7. The molecule has 2 aliphatic rings. The van der Waals surface area contributed by atoms with Gasteiger partial charge in [-0.2, -0.15) is 0 Å². The van der Waals surface area contributed by atoms with Crippen LogP contribution < -0.4 is 9.64 Å². The van der Waals surface area contributed by atoms with Crippen LogP contribution in [0.3, 0.4) is 0 Å². The van der Waals surface area contributed by atoms with Gasteiger partial charge in [0.1, 0.15) is 11.6 Å². The van der Waals surface area contributed by atoms with E-state index < -0.39 is 5.60 Å². The van der Waals surface area contributed by atoms with Crippen molar-refractivity contribution in [1.29, 1.82) is 0 Å². The van der Waals surface area contributed by atoms with E-state index >= 15 is 0 Å². The molecule has 0 aromatic heterocycles. The van der Waals surface area contributed by atoms with Crippen LogP contribution in [0.1, 0.15) is 73.1 Å². The second-order valence-electron chi connectivity index (χ2n) is 10.7. The number of ether oxygens (including phenoxy) is 1. The smallest absolute Gasteiger partial charge is 0.123 e. The van der Waals surface area contributed by atoms with E-state index in [1.807, 2.05) is 12.1 Å². The van der Waals surface area contributed by atoms with Gasteiger partial charge in [-0.1, -0.05) is 43.7 Å². The van der Waals surface area contributed by atoms with Crippen molar-refractivity contribution >= 4 is 5.69 Å². The molecule has 3 aromatic rings. The Morgan fingerprint density at radius 2 is 1.68 bits per heavy atom. The fraction of sp³-hybridized carbons (Fsp3) is 0.438. The average molecular weight is 504 g/mol. The van der Waals surface area contributed by atoms with Crippen LogP contribution in [0.25, 0.3) is 0 Å². The number of piperidine rings is 1. The molecular formula is C32H38FNO3. The van der Waals surface area contributed by atoms with Crippen LogP contribution in [0.15, 0.2) is 66.7 Å². The van der Waals surface area contributed by atoms with Gasteiger partial charge in [0.15, 0.2) is 0 Å². The highest BCUT2D eigenvalue weighted by Crippen LogP contribution is 2.47. The van der Waals surface area contributed by atoms with E-state index in [4.69, 9.17) is 4.74 Å². The summed E-state index contributed by atoms with van der Waals surface area (Å²) in [4.78, 5) is 2.28. The number of rotatable bonds is 8. The molecule has 5 rings (SSSR count). The number of hydrogen-bond donors (Lipinski definition) is 2. The number of aliphatic hydroxyl groups is 2. The number of benzene rings is 3. The van der Waals surface area contributed by atoms with E-state index in [-0.39, 0.29) is 24.3 Å². The second kappa shape index (κ2) is 11.2. The van der Waals surface area contributed by atoms with E-state index in [9.17, 15) is 14.6 Å². The summed E-state index contributed by atoms with van der Waals surface area (Å²) in [6, 6.07) is 22.4. The zero-order chi connectivity index (χ0) is 25.8. The van der Waals surface area contributed by atoms with E-state index in [1.54, 1.807) is 12.1 Å². The van der Waals surface area contributed by atoms with Crippen LogP contribution in [0, 0.1) is 5.82 Å². The summed E-state index contributed by atoms with van der Waals surface area (Å²) >= 11 is 0. The molecule has 0 radical (unpaired) electrons. The molecule has 0 saturated carbocycles. The molecule has 0 unspecified atom stereocenters. The van der Waals surface area contributed by atoms with Crippen molar-refractivity contribution in [2.45, 2.75) is 62.9 Å². The predicted octanol–water partition coefficient (Wildman–Crippen LogP) is 6.19. The normalized spacial score (nSPS) is 20.9. The third-order valence-electron chi connectivity index (χ3n) is 8.25. The monoisotopic (exact) mass is 503 g/mol. The lowest BCUT2D eigenvalue weighted by Crippen LogP contribution is -2.46. The van der Waals surface area contributed by atoms with E-state index in [0.29, 0.717) is 12.8 Å². The minimum atomic E-state index is -0.955. The Labute approximate surface area is 219 Å². The number of fused-ring (bicyclic) bond motifs is 1. The van der Waals surface area contributed by atoms with Crippen LogP contribution in [-0.4, -0.2) is 42.1 Å². The van der Waals surface area contributed by atoms with Gasteiger partial charge < -0.3 is 19.8 Å². The molecule has 2 N–H and O–H groups in total. The molecule has 3 aromatic carbocycles. The second-order valence-corrected chi connectivity index (χ2v) is 10.7. The van der Waals surface area contributed by atoms with Crippen LogP contribution in [-0.2, 0) is 6.42 Å². The standard InChI is InChI=1S/C32H38FNO3/c1-2-3-20-37-28-13-15-30-25(21-28)8-14-29(23-4-9-26(33)10-5-23)31(30)24-6-11-27(12-7-24)34-18-16-32(36,22-35)17-19-34/h4-7,9-13,15,21,29,31,35-36H,2-3,8,14,16-20,22H2,1H3/t29-,31+/m1/s1. The van der Waals surface area contributed by atoms with E-state index in [2.05, 4.69) is 54.3 Å². The number of anilines is 1. The lowest BCUT2D eigenvalue weighted by molar-refractivity contribution is -0.0325. The maximum absolute atomic E-state index is 13.7. The maximum Gasteiger partial charge on any atom is 0.123 e. The Kier molecular flexibility index (Phi) is 7.82. The van der Waals surface area contributed by atoms with Gasteiger partial charge in [-0.15, -0.1) is 0 Å². The van der Waals surface area contributed by atoms with Crippen molar-refractivity contribution < 1.29 is 19.3 Å². The molecule has 0 amide bonds. The molecule has 1 aliphatic heterocycles. The fourth-order valence-corrected chi connectivity index (χ4v) is 5.93. The molecule has 0 spiro atoms. The molecule has 2 atom stereocenters. The minimum absolute atomic E-state index is 0.175. The quantitative estimate of drug-likeness (QED) is 0.360. The maximum atomic E-state index is 13.7. The van der Waals surface area contributed by atoms with Crippen molar-refractivity contribution in [1.82, 2.24) is 0 Å². The Balaban J connectivity index is 1.43. The number of halogens is 1. The Hall–Kier alpha value is -2.89. The predicted molar refractivity (Wildman–Crippen MR) is 146 cm³/mol. The number of nitrogens with zero attached hydrogens (tertiary/aromatic N) is 1. The molecule has 196 valence electrons. The number of hydrogen-bond acceptors (Lipinski definition) is 4. The van der Waals surface area contributed by atoms with Gasteiger partial charge >= 0.3 is 0 Å². The summed E-state index contributed by atoms with van der Waals surface area (Å²) in [5, 5.41) is 19.9. The highest BCUT2D eigenvalue weighted by molar-refractivity contribution is 5.53. The summed E-state index contributed by atoms with van der Waals surface area (Å²) in [5.41, 5.74) is 5.26. The fourth-order valence-electron chi connectivity index (χ4n) is 5.93. The van der Waals surface area contributed by atoms with E-state index in [1.165, 1.54) is 22.3 Å². The largest absolute Gasteiger partial charge is 0.494 e. The summed E-state index contributed by atoms with van der Waals surface area (Å²) in [5.74, 6) is 1.17. The van der Waals surface area contributed by atoms with Crippen LogP contribution in [0.2, 0.25) is 0 Å². The average Bonchev–Trinajstić information content (AvgIpc) is 2.93. The lowest BCUT2D eigenvalue weighted by atomic mass is 9.69. The van der Waals surface area contributed by atoms with Crippen molar-refractivity contribution in [2.75, 3.05) is 31.2 Å². The summed E-state index contributed by atoms with van der Waals surface area (Å²) in [6.07, 6.45) is 5.26. The van der Waals surface area contributed by atoms with Gasteiger partial charge in [-0.3, -0.25) is 0 Å². The molecule has 0 bridgehead atoms. The van der Waals surface area contributed by atoms with Crippen molar-refractivity contribution in [3.63, 3.8) is 0 Å². The molecule has 4 nitrogen and oxygen atoms in total. The molecule has 1 aliphatic carbocycles. The van der Waals surface area contributed by atoms with Crippen molar-refractivity contribution in [3.8, 4) is 5.75 Å². The van der Waals surface area contributed by atoms with Crippen LogP contribution in [0.4, 0.5) is 10.1 Å². The molecule has 37 heavy (non-hydrogen) atoms. The van der Waals surface area contributed by atoms with Gasteiger partial charge in [0, 0.05) is 24.7 Å². The van der Waals surface area contributed by atoms with Gasteiger partial charge in [0.2, 0.25) is 0 Å². The zero-order valence-electron chi connectivity index (χ0n) is 21.7. The van der Waals surface area contributed by atoms with Gasteiger partial charge in [0.05, 0.1) is 18.8 Å². The highest BCUT2D eigenvalue weighted by atomic mass is 19.1. The first-order valence-corrected chi connectivity index (χ1v) is 13.7. The molecule has 1 heterocycles.